The van der Waals surface area contributed by atoms with Gasteiger partial charge >= 0.3 is 0 Å². The minimum absolute atomic E-state index is 0.0971. The molecular formula is C25H24ClNO. The molecule has 0 amide bonds. The van der Waals surface area contributed by atoms with E-state index in [0.717, 1.165) is 24.2 Å². The molecule has 3 rings (SSSR count). The summed E-state index contributed by atoms with van der Waals surface area (Å²) in [5, 5.41) is 9.00. The van der Waals surface area contributed by atoms with Crippen molar-refractivity contribution in [2.45, 2.75) is 38.2 Å². The van der Waals surface area contributed by atoms with Crippen LogP contribution in [0.15, 0.2) is 72.8 Å². The fourth-order valence-electron chi connectivity index (χ4n) is 3.21. The third-order valence-corrected chi connectivity index (χ3v) is 4.81. The topological polar surface area (TPSA) is 33.0 Å². The van der Waals surface area contributed by atoms with E-state index in [9.17, 15) is 0 Å². The number of nitriles is 1. The van der Waals surface area contributed by atoms with Gasteiger partial charge in [-0.2, -0.15) is 5.26 Å². The monoisotopic (exact) mass is 389 g/mol. The molecule has 2 atom stereocenters. The first-order valence-electron chi connectivity index (χ1n) is 9.52. The van der Waals surface area contributed by atoms with Crippen LogP contribution in [-0.2, 0) is 6.42 Å². The average molecular weight is 390 g/mol. The second-order valence-electron chi connectivity index (χ2n) is 7.15. The normalized spacial score (nSPS) is 12.8. The summed E-state index contributed by atoms with van der Waals surface area (Å²) in [6, 6.07) is 26.7. The van der Waals surface area contributed by atoms with Crippen molar-refractivity contribution in [3.05, 3.63) is 89.5 Å². The van der Waals surface area contributed by atoms with Gasteiger partial charge in [0.1, 0.15) is 5.75 Å². The molecular weight excluding hydrogens is 366 g/mol. The van der Waals surface area contributed by atoms with E-state index in [4.69, 9.17) is 21.6 Å². The van der Waals surface area contributed by atoms with Gasteiger partial charge < -0.3 is 4.74 Å². The number of benzene rings is 3. The van der Waals surface area contributed by atoms with Crippen molar-refractivity contribution in [3.63, 3.8) is 0 Å². The number of ether oxygens (including phenoxy) is 1. The second-order valence-corrected chi connectivity index (χ2v) is 7.90. The van der Waals surface area contributed by atoms with Gasteiger partial charge in [0.15, 0.2) is 0 Å². The first kappa shape index (κ1) is 20.0. The summed E-state index contributed by atoms with van der Waals surface area (Å²) >= 11 is 6.03. The summed E-state index contributed by atoms with van der Waals surface area (Å²) in [7, 11) is 0. The van der Waals surface area contributed by atoms with Gasteiger partial charge in [0, 0.05) is 11.8 Å². The van der Waals surface area contributed by atoms with E-state index in [1.54, 1.807) is 0 Å². The Hall–Kier alpha value is -2.76. The Balaban J connectivity index is 1.63. The molecule has 28 heavy (non-hydrogen) atoms. The number of hydrogen-bond donors (Lipinski definition) is 0. The standard InChI is InChI=1S/C25H24ClNO/c1-18(26)15-19(2)28-25-13-11-24(12-14-25)23-9-7-21(8-10-23)16-20-3-5-22(17-27)6-4-20/h3-14,18-19H,15-16H2,1-2H3. The smallest absolute Gasteiger partial charge is 0.119 e. The Morgan fingerprint density at radius 2 is 1.32 bits per heavy atom. The van der Waals surface area contributed by atoms with Crippen LogP contribution in [0.4, 0.5) is 0 Å². The van der Waals surface area contributed by atoms with Gasteiger partial charge in [0.05, 0.1) is 17.7 Å². The van der Waals surface area contributed by atoms with Crippen molar-refractivity contribution >= 4 is 11.6 Å². The molecule has 0 saturated carbocycles. The quantitative estimate of drug-likeness (QED) is 0.426. The number of nitrogens with zero attached hydrogens (tertiary/aromatic N) is 1. The zero-order valence-corrected chi connectivity index (χ0v) is 17.0. The lowest BCUT2D eigenvalue weighted by Gasteiger charge is -2.16. The van der Waals surface area contributed by atoms with Crippen molar-refractivity contribution in [1.29, 1.82) is 5.26 Å². The Labute approximate surface area is 172 Å². The molecule has 3 aromatic carbocycles. The molecule has 0 aliphatic carbocycles. The van der Waals surface area contributed by atoms with Crippen molar-refractivity contribution in [2.75, 3.05) is 0 Å². The van der Waals surface area contributed by atoms with Crippen LogP contribution in [-0.4, -0.2) is 11.5 Å². The lowest BCUT2D eigenvalue weighted by Crippen LogP contribution is -2.15. The molecule has 0 heterocycles. The van der Waals surface area contributed by atoms with Gasteiger partial charge in [-0.1, -0.05) is 48.5 Å². The number of hydrogen-bond acceptors (Lipinski definition) is 2. The maximum Gasteiger partial charge on any atom is 0.119 e. The fraction of sp³-hybridized carbons (Fsp3) is 0.240. The number of rotatable bonds is 7. The van der Waals surface area contributed by atoms with Crippen LogP contribution in [0.1, 0.15) is 37.0 Å². The lowest BCUT2D eigenvalue weighted by atomic mass is 10.00. The SMILES string of the molecule is CC(Cl)CC(C)Oc1ccc(-c2ccc(Cc3ccc(C#N)cc3)cc2)cc1. The van der Waals surface area contributed by atoms with E-state index in [1.165, 1.54) is 16.7 Å². The minimum atomic E-state index is 0.0971. The maximum atomic E-state index is 8.89. The highest BCUT2D eigenvalue weighted by Crippen LogP contribution is 2.24. The molecule has 0 N–H and O–H groups in total. The first-order chi connectivity index (χ1) is 13.5. The summed E-state index contributed by atoms with van der Waals surface area (Å²) < 4.78 is 5.91. The van der Waals surface area contributed by atoms with Gasteiger partial charge in [-0.05, 0) is 66.8 Å². The zero-order valence-electron chi connectivity index (χ0n) is 16.2. The second kappa shape index (κ2) is 9.44. The molecule has 142 valence electrons. The third-order valence-electron chi connectivity index (χ3n) is 4.63. The van der Waals surface area contributed by atoms with Crippen LogP contribution in [0, 0.1) is 11.3 Å². The third kappa shape index (κ3) is 5.62. The van der Waals surface area contributed by atoms with Gasteiger partial charge in [-0.3, -0.25) is 0 Å². The van der Waals surface area contributed by atoms with Crippen LogP contribution in [0.2, 0.25) is 0 Å². The Morgan fingerprint density at radius 3 is 1.82 bits per heavy atom. The average Bonchev–Trinajstić information content (AvgIpc) is 2.69. The molecule has 3 heteroatoms. The molecule has 2 unspecified atom stereocenters. The largest absolute Gasteiger partial charge is 0.491 e. The van der Waals surface area contributed by atoms with Gasteiger partial charge in [-0.15, -0.1) is 11.6 Å². The van der Waals surface area contributed by atoms with Crippen molar-refractivity contribution < 1.29 is 4.74 Å². The molecule has 0 spiro atoms. The predicted octanol–water partition coefficient (Wildman–Crippen LogP) is 6.60. The number of halogens is 1. The fourth-order valence-corrected chi connectivity index (χ4v) is 3.46. The van der Waals surface area contributed by atoms with Crippen molar-refractivity contribution in [2.24, 2.45) is 0 Å². The van der Waals surface area contributed by atoms with Crippen LogP contribution in [0.3, 0.4) is 0 Å². The minimum Gasteiger partial charge on any atom is -0.491 e. The summed E-state index contributed by atoms with van der Waals surface area (Å²) in [6.07, 6.45) is 1.78. The van der Waals surface area contributed by atoms with E-state index < -0.39 is 0 Å². The molecule has 0 aliphatic heterocycles. The zero-order chi connectivity index (χ0) is 19.9. The summed E-state index contributed by atoms with van der Waals surface area (Å²) in [4.78, 5) is 0. The first-order valence-corrected chi connectivity index (χ1v) is 9.96. The van der Waals surface area contributed by atoms with E-state index in [-0.39, 0.29) is 11.5 Å². The maximum absolute atomic E-state index is 8.89. The molecule has 0 aliphatic rings. The Morgan fingerprint density at radius 1 is 0.821 bits per heavy atom. The van der Waals surface area contributed by atoms with Crippen LogP contribution in [0.5, 0.6) is 5.75 Å². The highest BCUT2D eigenvalue weighted by molar-refractivity contribution is 6.20. The lowest BCUT2D eigenvalue weighted by molar-refractivity contribution is 0.211. The Kier molecular flexibility index (Phi) is 6.74. The van der Waals surface area contributed by atoms with E-state index in [1.807, 2.05) is 50.2 Å². The van der Waals surface area contributed by atoms with E-state index in [0.29, 0.717) is 5.56 Å². The summed E-state index contributed by atoms with van der Waals surface area (Å²) in [6.45, 7) is 4.02. The van der Waals surface area contributed by atoms with Gasteiger partial charge in [0.2, 0.25) is 0 Å². The van der Waals surface area contributed by atoms with Crippen LogP contribution >= 0.6 is 11.6 Å². The summed E-state index contributed by atoms with van der Waals surface area (Å²) in [5.41, 5.74) is 5.48. The van der Waals surface area contributed by atoms with Crippen LogP contribution < -0.4 is 4.74 Å². The molecule has 2 nitrogen and oxygen atoms in total. The van der Waals surface area contributed by atoms with Gasteiger partial charge in [-0.25, -0.2) is 0 Å². The van der Waals surface area contributed by atoms with E-state index >= 15 is 0 Å². The summed E-state index contributed by atoms with van der Waals surface area (Å²) in [5.74, 6) is 0.867. The number of alkyl halides is 1. The molecule has 0 bridgehead atoms. The van der Waals surface area contributed by atoms with E-state index in [2.05, 4.69) is 42.5 Å². The highest BCUT2D eigenvalue weighted by atomic mass is 35.5. The Bertz CT molecular complexity index is 922. The highest BCUT2D eigenvalue weighted by Gasteiger charge is 2.08. The van der Waals surface area contributed by atoms with Crippen LogP contribution in [0.25, 0.3) is 11.1 Å². The molecule has 0 saturated heterocycles. The van der Waals surface area contributed by atoms with Crippen molar-refractivity contribution in [1.82, 2.24) is 0 Å². The molecule has 0 radical (unpaired) electrons. The molecule has 0 aromatic heterocycles. The molecule has 0 fully saturated rings. The molecule has 3 aromatic rings. The van der Waals surface area contributed by atoms with Crippen molar-refractivity contribution in [3.8, 4) is 22.9 Å². The predicted molar refractivity (Wildman–Crippen MR) is 116 cm³/mol. The van der Waals surface area contributed by atoms with Gasteiger partial charge in [0.25, 0.3) is 0 Å².